The number of hydrogen-bond acceptors (Lipinski definition) is 4. The van der Waals surface area contributed by atoms with Gasteiger partial charge in [-0.25, -0.2) is 9.50 Å². The predicted octanol–water partition coefficient (Wildman–Crippen LogP) is -0.113. The lowest BCUT2D eigenvalue weighted by Crippen LogP contribution is -2.25. The highest BCUT2D eigenvalue weighted by Gasteiger charge is 2.04. The van der Waals surface area contributed by atoms with E-state index < -0.39 is 0 Å². The average Bonchev–Trinajstić information content (AvgIpc) is 2.59. The SMILES string of the molecule is CNCC(=O)Nc1cn2ncccc2n1. The molecule has 0 bridgehead atoms. The van der Waals surface area contributed by atoms with Gasteiger partial charge in [-0.1, -0.05) is 0 Å². The molecule has 0 fully saturated rings. The van der Waals surface area contributed by atoms with Crippen molar-refractivity contribution in [3.63, 3.8) is 0 Å². The standard InChI is InChI=1S/C9H11N5O/c1-10-5-9(15)13-7-6-14-8(12-7)3-2-4-11-14/h2-4,6,10H,5H2,1H3,(H,13,15). The Hall–Kier alpha value is -1.95. The summed E-state index contributed by atoms with van der Waals surface area (Å²) in [6, 6.07) is 3.61. The molecule has 78 valence electrons. The van der Waals surface area contributed by atoms with E-state index in [2.05, 4.69) is 20.7 Å². The minimum atomic E-state index is -0.124. The maximum atomic E-state index is 11.2. The van der Waals surface area contributed by atoms with Crippen LogP contribution >= 0.6 is 0 Å². The van der Waals surface area contributed by atoms with Gasteiger partial charge in [0.15, 0.2) is 11.5 Å². The summed E-state index contributed by atoms with van der Waals surface area (Å²) in [4.78, 5) is 15.4. The molecule has 0 aliphatic carbocycles. The monoisotopic (exact) mass is 205 g/mol. The van der Waals surface area contributed by atoms with Crippen molar-refractivity contribution in [3.8, 4) is 0 Å². The van der Waals surface area contributed by atoms with Gasteiger partial charge in [0.1, 0.15) is 0 Å². The second kappa shape index (κ2) is 4.05. The molecule has 0 aliphatic heterocycles. The number of carbonyl (C=O) groups excluding carboxylic acids is 1. The molecule has 2 rings (SSSR count). The van der Waals surface area contributed by atoms with Crippen LogP contribution in [0.25, 0.3) is 5.65 Å². The molecule has 2 N–H and O–H groups in total. The fraction of sp³-hybridized carbons (Fsp3) is 0.222. The summed E-state index contributed by atoms with van der Waals surface area (Å²) in [7, 11) is 1.71. The molecule has 0 aromatic carbocycles. The fourth-order valence-electron chi connectivity index (χ4n) is 1.24. The van der Waals surface area contributed by atoms with E-state index in [1.54, 1.807) is 30.0 Å². The number of nitrogens with zero attached hydrogens (tertiary/aromatic N) is 3. The van der Waals surface area contributed by atoms with Crippen LogP contribution in [0.4, 0.5) is 5.82 Å². The second-order valence-corrected chi connectivity index (χ2v) is 3.03. The van der Waals surface area contributed by atoms with Gasteiger partial charge in [0, 0.05) is 6.20 Å². The van der Waals surface area contributed by atoms with Crippen LogP contribution < -0.4 is 10.6 Å². The van der Waals surface area contributed by atoms with Crippen molar-refractivity contribution in [2.75, 3.05) is 18.9 Å². The number of anilines is 1. The second-order valence-electron chi connectivity index (χ2n) is 3.03. The summed E-state index contributed by atoms with van der Waals surface area (Å²) in [6.45, 7) is 0.265. The Balaban J connectivity index is 2.18. The highest BCUT2D eigenvalue weighted by Crippen LogP contribution is 2.06. The van der Waals surface area contributed by atoms with Crippen molar-refractivity contribution in [2.45, 2.75) is 0 Å². The fourth-order valence-corrected chi connectivity index (χ4v) is 1.24. The number of rotatable bonds is 3. The summed E-state index contributed by atoms with van der Waals surface area (Å²) < 4.78 is 1.61. The van der Waals surface area contributed by atoms with Crippen LogP contribution in [0.15, 0.2) is 24.5 Å². The van der Waals surface area contributed by atoms with Gasteiger partial charge in [-0.2, -0.15) is 5.10 Å². The van der Waals surface area contributed by atoms with Gasteiger partial charge >= 0.3 is 0 Å². The Morgan fingerprint density at radius 3 is 3.20 bits per heavy atom. The topological polar surface area (TPSA) is 71.3 Å². The molecule has 6 nitrogen and oxygen atoms in total. The smallest absolute Gasteiger partial charge is 0.239 e. The number of imidazole rings is 1. The summed E-state index contributed by atoms with van der Waals surface area (Å²) in [5.74, 6) is 0.384. The number of amides is 1. The van der Waals surface area contributed by atoms with E-state index >= 15 is 0 Å². The zero-order valence-corrected chi connectivity index (χ0v) is 8.27. The Morgan fingerprint density at radius 2 is 2.47 bits per heavy atom. The van der Waals surface area contributed by atoms with E-state index in [-0.39, 0.29) is 12.5 Å². The molecular formula is C9H11N5O. The van der Waals surface area contributed by atoms with E-state index in [1.165, 1.54) is 0 Å². The number of aromatic nitrogens is 3. The predicted molar refractivity (Wildman–Crippen MR) is 55.5 cm³/mol. The lowest BCUT2D eigenvalue weighted by molar-refractivity contribution is -0.115. The lowest BCUT2D eigenvalue weighted by Gasteiger charge is -1.98. The first-order valence-corrected chi connectivity index (χ1v) is 4.54. The van der Waals surface area contributed by atoms with Crippen molar-refractivity contribution >= 4 is 17.4 Å². The molecule has 6 heteroatoms. The first kappa shape index (κ1) is 9.60. The number of likely N-dealkylation sites (N-methyl/N-ethyl adjacent to an activating group) is 1. The molecule has 2 heterocycles. The minimum absolute atomic E-state index is 0.124. The first-order valence-electron chi connectivity index (χ1n) is 4.54. The van der Waals surface area contributed by atoms with Crippen LogP contribution in [0.5, 0.6) is 0 Å². The molecule has 0 aliphatic rings. The van der Waals surface area contributed by atoms with Crippen molar-refractivity contribution in [1.82, 2.24) is 19.9 Å². The highest BCUT2D eigenvalue weighted by atomic mass is 16.1. The quantitative estimate of drug-likeness (QED) is 0.733. The molecule has 0 atom stereocenters. The van der Waals surface area contributed by atoms with E-state index in [0.717, 1.165) is 0 Å². The van der Waals surface area contributed by atoms with Crippen LogP contribution in [0, 0.1) is 0 Å². The number of hydrogen-bond donors (Lipinski definition) is 2. The third kappa shape index (κ3) is 2.10. The minimum Gasteiger partial charge on any atom is -0.311 e. The van der Waals surface area contributed by atoms with Gasteiger partial charge in [0.2, 0.25) is 5.91 Å². The summed E-state index contributed by atoms with van der Waals surface area (Å²) in [6.07, 6.45) is 3.33. The Kier molecular flexibility index (Phi) is 2.59. The van der Waals surface area contributed by atoms with Crippen LogP contribution in [-0.2, 0) is 4.79 Å². The summed E-state index contributed by atoms with van der Waals surface area (Å²) >= 11 is 0. The third-order valence-electron chi connectivity index (χ3n) is 1.84. The first-order chi connectivity index (χ1) is 7.29. The maximum absolute atomic E-state index is 11.2. The largest absolute Gasteiger partial charge is 0.311 e. The molecule has 2 aromatic heterocycles. The van der Waals surface area contributed by atoms with Gasteiger partial charge in [-0.3, -0.25) is 4.79 Å². The van der Waals surface area contributed by atoms with Crippen molar-refractivity contribution < 1.29 is 4.79 Å². The Labute approximate surface area is 86.3 Å². The molecule has 15 heavy (non-hydrogen) atoms. The van der Waals surface area contributed by atoms with Crippen LogP contribution in [0.3, 0.4) is 0 Å². The third-order valence-corrected chi connectivity index (χ3v) is 1.84. The molecule has 0 saturated carbocycles. The number of fused-ring (bicyclic) bond motifs is 1. The zero-order valence-electron chi connectivity index (χ0n) is 8.27. The number of nitrogens with one attached hydrogen (secondary N) is 2. The molecular weight excluding hydrogens is 194 g/mol. The van der Waals surface area contributed by atoms with Crippen molar-refractivity contribution in [1.29, 1.82) is 0 Å². The number of carbonyl (C=O) groups is 1. The maximum Gasteiger partial charge on any atom is 0.239 e. The summed E-state index contributed by atoms with van der Waals surface area (Å²) in [5, 5.41) is 9.46. The van der Waals surface area contributed by atoms with Gasteiger partial charge < -0.3 is 10.6 Å². The normalized spacial score (nSPS) is 10.5. The molecule has 0 saturated heterocycles. The van der Waals surface area contributed by atoms with Crippen LogP contribution in [-0.4, -0.2) is 34.1 Å². The lowest BCUT2D eigenvalue weighted by atomic mass is 10.5. The van der Waals surface area contributed by atoms with E-state index in [9.17, 15) is 4.79 Å². The zero-order chi connectivity index (χ0) is 10.7. The Bertz CT molecular complexity index is 445. The molecule has 2 aromatic rings. The van der Waals surface area contributed by atoms with Gasteiger partial charge in [-0.05, 0) is 19.2 Å². The van der Waals surface area contributed by atoms with Gasteiger partial charge in [0.05, 0.1) is 12.7 Å². The van der Waals surface area contributed by atoms with E-state index in [1.807, 2.05) is 6.07 Å². The Morgan fingerprint density at radius 1 is 1.60 bits per heavy atom. The molecule has 1 amide bonds. The summed E-state index contributed by atoms with van der Waals surface area (Å²) in [5.41, 5.74) is 0.706. The molecule has 0 spiro atoms. The van der Waals surface area contributed by atoms with Crippen LogP contribution in [0.2, 0.25) is 0 Å². The van der Waals surface area contributed by atoms with Crippen molar-refractivity contribution in [3.05, 3.63) is 24.5 Å². The van der Waals surface area contributed by atoms with Crippen molar-refractivity contribution in [2.24, 2.45) is 0 Å². The molecule has 0 unspecified atom stereocenters. The van der Waals surface area contributed by atoms with E-state index in [0.29, 0.717) is 11.5 Å². The molecule has 0 radical (unpaired) electrons. The van der Waals surface area contributed by atoms with Crippen LogP contribution in [0.1, 0.15) is 0 Å². The van der Waals surface area contributed by atoms with Gasteiger partial charge in [0.25, 0.3) is 0 Å². The average molecular weight is 205 g/mol. The highest BCUT2D eigenvalue weighted by molar-refractivity contribution is 5.91. The van der Waals surface area contributed by atoms with Gasteiger partial charge in [-0.15, -0.1) is 0 Å². The van der Waals surface area contributed by atoms with E-state index in [4.69, 9.17) is 0 Å².